The van der Waals surface area contributed by atoms with Gasteiger partial charge in [-0.15, -0.1) is 11.3 Å². The van der Waals surface area contributed by atoms with E-state index in [1.165, 1.54) is 30.4 Å². The maximum atomic E-state index is 6.00. The van der Waals surface area contributed by atoms with Crippen molar-refractivity contribution in [1.29, 1.82) is 0 Å². The molecular formula is C15H16ClNS. The molecule has 3 heteroatoms. The predicted octanol–water partition coefficient (Wildman–Crippen LogP) is 4.57. The number of thiophene rings is 1. The van der Waals surface area contributed by atoms with E-state index in [1.54, 1.807) is 4.88 Å². The number of benzene rings is 1. The summed E-state index contributed by atoms with van der Waals surface area (Å²) in [6.07, 6.45) is 3.79. The van der Waals surface area contributed by atoms with E-state index >= 15 is 0 Å². The van der Waals surface area contributed by atoms with Crippen molar-refractivity contribution in [3.05, 3.63) is 56.7 Å². The van der Waals surface area contributed by atoms with Crippen molar-refractivity contribution in [2.24, 2.45) is 0 Å². The Kier molecular flexibility index (Phi) is 3.69. The summed E-state index contributed by atoms with van der Waals surface area (Å²) in [7, 11) is 0. The fourth-order valence-corrected chi connectivity index (χ4v) is 3.79. The van der Waals surface area contributed by atoms with Crippen molar-refractivity contribution in [3.8, 4) is 0 Å². The molecule has 1 aliphatic carbocycles. The quantitative estimate of drug-likeness (QED) is 0.867. The molecule has 0 spiro atoms. The molecule has 2 aromatic rings. The van der Waals surface area contributed by atoms with Crippen LogP contribution in [0.25, 0.3) is 0 Å². The number of halogens is 1. The highest BCUT2D eigenvalue weighted by molar-refractivity contribution is 7.10. The summed E-state index contributed by atoms with van der Waals surface area (Å²) in [4.78, 5) is 1.56. The lowest BCUT2D eigenvalue weighted by molar-refractivity contribution is 0.463. The standard InChI is InChI=1S/C15H16ClNS/c16-12-4-1-3-11(9-12)10-17-14-5-2-6-15-13(14)7-8-18-15/h1,3-4,7-9,14,17H,2,5-6,10H2. The number of nitrogens with one attached hydrogen (secondary N) is 1. The minimum Gasteiger partial charge on any atom is -0.306 e. The third kappa shape index (κ3) is 2.61. The monoisotopic (exact) mass is 277 g/mol. The molecule has 1 N–H and O–H groups in total. The van der Waals surface area contributed by atoms with Gasteiger partial charge in [-0.05, 0) is 54.0 Å². The number of aryl methyl sites for hydroxylation is 1. The van der Waals surface area contributed by atoms with Crippen molar-refractivity contribution in [3.63, 3.8) is 0 Å². The first-order chi connectivity index (χ1) is 8.83. The van der Waals surface area contributed by atoms with Crippen molar-refractivity contribution in [2.75, 3.05) is 0 Å². The molecule has 94 valence electrons. The Bertz CT molecular complexity index is 535. The second-order valence-corrected chi connectivity index (χ2v) is 6.19. The molecule has 1 nitrogen and oxygen atoms in total. The van der Waals surface area contributed by atoms with Crippen molar-refractivity contribution in [2.45, 2.75) is 31.8 Å². The van der Waals surface area contributed by atoms with Gasteiger partial charge in [0.05, 0.1) is 0 Å². The molecule has 1 aromatic heterocycles. The highest BCUT2D eigenvalue weighted by Crippen LogP contribution is 2.33. The third-order valence-corrected chi connectivity index (χ3v) is 4.73. The lowest BCUT2D eigenvalue weighted by Crippen LogP contribution is -2.23. The van der Waals surface area contributed by atoms with Crippen LogP contribution in [0.4, 0.5) is 0 Å². The Labute approximate surface area is 117 Å². The molecule has 0 fully saturated rings. The number of rotatable bonds is 3. The van der Waals surface area contributed by atoms with Crippen LogP contribution in [0, 0.1) is 0 Å². The fraction of sp³-hybridized carbons (Fsp3) is 0.333. The molecule has 18 heavy (non-hydrogen) atoms. The van der Waals surface area contributed by atoms with Gasteiger partial charge in [-0.25, -0.2) is 0 Å². The minimum absolute atomic E-state index is 0.513. The first-order valence-corrected chi connectivity index (χ1v) is 7.63. The van der Waals surface area contributed by atoms with Crippen LogP contribution in [-0.4, -0.2) is 0 Å². The molecule has 1 atom stereocenters. The lowest BCUT2D eigenvalue weighted by atomic mass is 9.94. The maximum absolute atomic E-state index is 6.00. The molecule has 1 unspecified atom stereocenters. The van der Waals surface area contributed by atoms with Crippen molar-refractivity contribution in [1.82, 2.24) is 5.32 Å². The van der Waals surface area contributed by atoms with Crippen LogP contribution in [0.1, 0.15) is 34.9 Å². The summed E-state index contributed by atoms with van der Waals surface area (Å²) in [5, 5.41) is 6.68. The van der Waals surface area contributed by atoms with Crippen LogP contribution in [0.15, 0.2) is 35.7 Å². The van der Waals surface area contributed by atoms with E-state index in [-0.39, 0.29) is 0 Å². The van der Waals surface area contributed by atoms with Gasteiger partial charge < -0.3 is 5.32 Å². The lowest BCUT2D eigenvalue weighted by Gasteiger charge is -2.23. The fourth-order valence-electron chi connectivity index (χ4n) is 2.59. The van der Waals surface area contributed by atoms with Crippen molar-refractivity contribution < 1.29 is 0 Å². The van der Waals surface area contributed by atoms with Gasteiger partial charge in [-0.1, -0.05) is 23.7 Å². The highest BCUT2D eigenvalue weighted by atomic mass is 35.5. The number of hydrogen-bond acceptors (Lipinski definition) is 2. The normalized spacial score (nSPS) is 18.6. The van der Waals surface area contributed by atoms with E-state index in [1.807, 2.05) is 29.5 Å². The van der Waals surface area contributed by atoms with E-state index in [0.717, 1.165) is 11.6 Å². The van der Waals surface area contributed by atoms with E-state index < -0.39 is 0 Å². The summed E-state index contributed by atoms with van der Waals surface area (Å²) in [5.41, 5.74) is 2.76. The zero-order chi connectivity index (χ0) is 12.4. The van der Waals surface area contributed by atoms with Gasteiger partial charge in [-0.2, -0.15) is 0 Å². The third-order valence-electron chi connectivity index (χ3n) is 3.49. The number of hydrogen-bond donors (Lipinski definition) is 1. The Morgan fingerprint density at radius 2 is 2.28 bits per heavy atom. The molecular weight excluding hydrogens is 262 g/mol. The van der Waals surface area contributed by atoms with Gasteiger partial charge in [0.1, 0.15) is 0 Å². The van der Waals surface area contributed by atoms with Crippen LogP contribution in [0.3, 0.4) is 0 Å². The average Bonchev–Trinajstić information content (AvgIpc) is 2.85. The molecule has 0 saturated heterocycles. The van der Waals surface area contributed by atoms with E-state index in [0.29, 0.717) is 6.04 Å². The topological polar surface area (TPSA) is 12.0 Å². The predicted molar refractivity (Wildman–Crippen MR) is 78.3 cm³/mol. The zero-order valence-corrected chi connectivity index (χ0v) is 11.7. The molecule has 0 radical (unpaired) electrons. The average molecular weight is 278 g/mol. The summed E-state index contributed by atoms with van der Waals surface area (Å²) in [6.45, 7) is 0.889. The second-order valence-electron chi connectivity index (χ2n) is 4.75. The minimum atomic E-state index is 0.513. The summed E-state index contributed by atoms with van der Waals surface area (Å²) in [5.74, 6) is 0. The van der Waals surface area contributed by atoms with Gasteiger partial charge in [0.15, 0.2) is 0 Å². The van der Waals surface area contributed by atoms with Crippen LogP contribution < -0.4 is 5.32 Å². The Morgan fingerprint density at radius 3 is 3.17 bits per heavy atom. The second kappa shape index (κ2) is 5.43. The van der Waals surface area contributed by atoms with E-state index in [4.69, 9.17) is 11.6 Å². The molecule has 1 aliphatic rings. The summed E-state index contributed by atoms with van der Waals surface area (Å²) < 4.78 is 0. The van der Waals surface area contributed by atoms with Gasteiger partial charge >= 0.3 is 0 Å². The molecule has 0 amide bonds. The van der Waals surface area contributed by atoms with Crippen LogP contribution in [0.2, 0.25) is 5.02 Å². The van der Waals surface area contributed by atoms with Crippen LogP contribution in [0.5, 0.6) is 0 Å². The Morgan fingerprint density at radius 1 is 1.33 bits per heavy atom. The molecule has 0 aliphatic heterocycles. The Balaban J connectivity index is 1.68. The van der Waals surface area contributed by atoms with E-state index in [2.05, 4.69) is 22.8 Å². The van der Waals surface area contributed by atoms with Crippen molar-refractivity contribution >= 4 is 22.9 Å². The van der Waals surface area contributed by atoms with Gasteiger partial charge in [0, 0.05) is 22.5 Å². The Hall–Kier alpha value is -0.830. The summed E-state index contributed by atoms with van der Waals surface area (Å²) in [6, 6.07) is 10.9. The zero-order valence-electron chi connectivity index (χ0n) is 10.2. The SMILES string of the molecule is Clc1cccc(CNC2CCCc3sccc32)c1. The van der Waals surface area contributed by atoms with Gasteiger partial charge in [0.25, 0.3) is 0 Å². The largest absolute Gasteiger partial charge is 0.306 e. The van der Waals surface area contributed by atoms with Crippen LogP contribution in [-0.2, 0) is 13.0 Å². The first kappa shape index (κ1) is 12.2. The molecule has 1 heterocycles. The summed E-state index contributed by atoms with van der Waals surface area (Å²) >= 11 is 7.90. The molecule has 1 aromatic carbocycles. The van der Waals surface area contributed by atoms with Gasteiger partial charge in [-0.3, -0.25) is 0 Å². The van der Waals surface area contributed by atoms with E-state index in [9.17, 15) is 0 Å². The first-order valence-electron chi connectivity index (χ1n) is 6.37. The van der Waals surface area contributed by atoms with Crippen LogP contribution >= 0.6 is 22.9 Å². The molecule has 0 bridgehead atoms. The highest BCUT2D eigenvalue weighted by Gasteiger charge is 2.20. The maximum Gasteiger partial charge on any atom is 0.0409 e. The molecule has 0 saturated carbocycles. The van der Waals surface area contributed by atoms with Gasteiger partial charge in [0.2, 0.25) is 0 Å². The smallest absolute Gasteiger partial charge is 0.0409 e. The molecule has 3 rings (SSSR count). The number of fused-ring (bicyclic) bond motifs is 1.